The highest BCUT2D eigenvalue weighted by Crippen LogP contribution is 2.13. The van der Waals surface area contributed by atoms with Gasteiger partial charge in [0, 0.05) is 6.07 Å². The molecule has 0 spiro atoms. The number of fused-ring (bicyclic) bond motifs is 1. The van der Waals surface area contributed by atoms with Crippen molar-refractivity contribution in [3.63, 3.8) is 0 Å². The van der Waals surface area contributed by atoms with Crippen molar-refractivity contribution < 1.29 is 9.21 Å². The van der Waals surface area contributed by atoms with E-state index in [0.717, 1.165) is 11.6 Å². The Labute approximate surface area is 85.3 Å². The molecule has 0 atom stereocenters. The van der Waals surface area contributed by atoms with E-state index in [1.807, 2.05) is 6.92 Å². The predicted octanol–water partition coefficient (Wildman–Crippen LogP) is 1.20. The van der Waals surface area contributed by atoms with E-state index in [9.17, 15) is 9.59 Å². The van der Waals surface area contributed by atoms with Gasteiger partial charge in [0.25, 0.3) is 5.91 Å². The molecule has 0 aliphatic rings. The van der Waals surface area contributed by atoms with Gasteiger partial charge in [-0.1, -0.05) is 11.6 Å². The third-order valence-corrected chi connectivity index (χ3v) is 2.13. The quantitative estimate of drug-likeness (QED) is 0.756. The van der Waals surface area contributed by atoms with E-state index in [2.05, 4.69) is 0 Å². The van der Waals surface area contributed by atoms with Crippen LogP contribution in [0.15, 0.2) is 33.5 Å². The summed E-state index contributed by atoms with van der Waals surface area (Å²) in [6.45, 7) is 1.88. The predicted molar refractivity (Wildman–Crippen MR) is 55.7 cm³/mol. The Morgan fingerprint density at radius 2 is 2.07 bits per heavy atom. The van der Waals surface area contributed by atoms with Gasteiger partial charge < -0.3 is 10.2 Å². The SMILES string of the molecule is Cc1ccc2oc(C(N)=O)cc(=O)c2c1. The highest BCUT2D eigenvalue weighted by molar-refractivity contribution is 5.91. The summed E-state index contributed by atoms with van der Waals surface area (Å²) in [7, 11) is 0. The average molecular weight is 203 g/mol. The summed E-state index contributed by atoms with van der Waals surface area (Å²) in [6, 6.07) is 6.28. The Morgan fingerprint density at radius 3 is 2.73 bits per heavy atom. The van der Waals surface area contributed by atoms with Gasteiger partial charge in [-0.05, 0) is 19.1 Å². The molecule has 4 heteroatoms. The molecule has 0 saturated heterocycles. The zero-order valence-corrected chi connectivity index (χ0v) is 8.11. The molecule has 15 heavy (non-hydrogen) atoms. The van der Waals surface area contributed by atoms with Crippen LogP contribution in [0.25, 0.3) is 11.0 Å². The number of hydrogen-bond acceptors (Lipinski definition) is 3. The lowest BCUT2D eigenvalue weighted by molar-refractivity contribution is 0.0974. The average Bonchev–Trinajstić information content (AvgIpc) is 2.18. The second-order valence-corrected chi connectivity index (χ2v) is 3.34. The maximum atomic E-state index is 11.6. The van der Waals surface area contributed by atoms with Crippen molar-refractivity contribution in [2.24, 2.45) is 5.73 Å². The smallest absolute Gasteiger partial charge is 0.284 e. The topological polar surface area (TPSA) is 73.3 Å². The fourth-order valence-electron chi connectivity index (χ4n) is 1.39. The van der Waals surface area contributed by atoms with Gasteiger partial charge in [-0.3, -0.25) is 9.59 Å². The number of primary amides is 1. The highest BCUT2D eigenvalue weighted by Gasteiger charge is 2.08. The minimum absolute atomic E-state index is 0.114. The van der Waals surface area contributed by atoms with Crippen LogP contribution in [0.3, 0.4) is 0 Å². The van der Waals surface area contributed by atoms with Gasteiger partial charge in [-0.2, -0.15) is 0 Å². The third-order valence-electron chi connectivity index (χ3n) is 2.13. The van der Waals surface area contributed by atoms with Crippen molar-refractivity contribution in [2.75, 3.05) is 0 Å². The molecule has 1 heterocycles. The van der Waals surface area contributed by atoms with Crippen LogP contribution in [0.4, 0.5) is 0 Å². The molecule has 0 saturated carbocycles. The fourth-order valence-corrected chi connectivity index (χ4v) is 1.39. The summed E-state index contributed by atoms with van der Waals surface area (Å²) >= 11 is 0. The number of rotatable bonds is 1. The van der Waals surface area contributed by atoms with Gasteiger partial charge in [-0.15, -0.1) is 0 Å². The van der Waals surface area contributed by atoms with E-state index >= 15 is 0 Å². The van der Waals surface area contributed by atoms with Crippen LogP contribution < -0.4 is 11.2 Å². The molecule has 2 N–H and O–H groups in total. The number of nitrogens with two attached hydrogens (primary N) is 1. The van der Waals surface area contributed by atoms with E-state index < -0.39 is 5.91 Å². The zero-order chi connectivity index (χ0) is 11.0. The molecule has 0 unspecified atom stereocenters. The van der Waals surface area contributed by atoms with Gasteiger partial charge in [-0.25, -0.2) is 0 Å². The summed E-state index contributed by atoms with van der Waals surface area (Å²) in [5.41, 5.74) is 6.11. The van der Waals surface area contributed by atoms with Crippen LogP contribution in [0.1, 0.15) is 16.1 Å². The van der Waals surface area contributed by atoms with E-state index in [1.165, 1.54) is 0 Å². The number of hydrogen-bond donors (Lipinski definition) is 1. The molecule has 1 aromatic carbocycles. The lowest BCUT2D eigenvalue weighted by atomic mass is 10.1. The summed E-state index contributed by atoms with van der Waals surface area (Å²) < 4.78 is 5.18. The molecule has 0 aliphatic heterocycles. The maximum Gasteiger partial charge on any atom is 0.284 e. The zero-order valence-electron chi connectivity index (χ0n) is 8.11. The van der Waals surface area contributed by atoms with Crippen LogP contribution in [-0.4, -0.2) is 5.91 Å². The van der Waals surface area contributed by atoms with Crippen molar-refractivity contribution in [1.29, 1.82) is 0 Å². The number of carbonyl (C=O) groups is 1. The Kier molecular flexibility index (Phi) is 2.04. The molecule has 0 fully saturated rings. The molecule has 2 rings (SSSR count). The second kappa shape index (κ2) is 3.24. The Balaban J connectivity index is 2.84. The minimum atomic E-state index is -0.741. The number of aryl methyl sites for hydroxylation is 1. The Hall–Kier alpha value is -2.10. The monoisotopic (exact) mass is 203 g/mol. The Bertz CT molecular complexity index is 598. The van der Waals surface area contributed by atoms with Crippen LogP contribution in [-0.2, 0) is 0 Å². The van der Waals surface area contributed by atoms with E-state index in [0.29, 0.717) is 11.0 Å². The van der Waals surface area contributed by atoms with Crippen molar-refractivity contribution in [1.82, 2.24) is 0 Å². The molecule has 76 valence electrons. The lowest BCUT2D eigenvalue weighted by Crippen LogP contribution is -2.14. The van der Waals surface area contributed by atoms with Gasteiger partial charge in [0.2, 0.25) is 0 Å². The van der Waals surface area contributed by atoms with Gasteiger partial charge in [0.05, 0.1) is 5.39 Å². The standard InChI is InChI=1S/C11H9NO3/c1-6-2-3-9-7(4-6)8(13)5-10(15-9)11(12)14/h2-5H,1H3,(H2,12,14). The van der Waals surface area contributed by atoms with Crippen molar-refractivity contribution in [3.05, 3.63) is 45.8 Å². The van der Waals surface area contributed by atoms with Crippen molar-refractivity contribution >= 4 is 16.9 Å². The van der Waals surface area contributed by atoms with Crippen LogP contribution in [0.5, 0.6) is 0 Å². The van der Waals surface area contributed by atoms with E-state index in [4.69, 9.17) is 10.2 Å². The normalized spacial score (nSPS) is 10.5. The largest absolute Gasteiger partial charge is 0.451 e. The molecule has 2 aromatic rings. The highest BCUT2D eigenvalue weighted by atomic mass is 16.3. The van der Waals surface area contributed by atoms with Gasteiger partial charge in [0.15, 0.2) is 11.2 Å². The minimum Gasteiger partial charge on any atom is -0.451 e. The lowest BCUT2D eigenvalue weighted by Gasteiger charge is -2.00. The van der Waals surface area contributed by atoms with Crippen LogP contribution >= 0.6 is 0 Å². The summed E-state index contributed by atoms with van der Waals surface area (Å²) in [5.74, 6) is -0.856. The number of carbonyl (C=O) groups excluding carboxylic acids is 1. The van der Waals surface area contributed by atoms with E-state index in [-0.39, 0.29) is 11.2 Å². The second-order valence-electron chi connectivity index (χ2n) is 3.34. The molecule has 0 aliphatic carbocycles. The first kappa shape index (κ1) is 9.45. The first-order valence-electron chi connectivity index (χ1n) is 4.42. The number of benzene rings is 1. The molecule has 1 aromatic heterocycles. The van der Waals surface area contributed by atoms with Crippen LogP contribution in [0, 0.1) is 6.92 Å². The van der Waals surface area contributed by atoms with E-state index in [1.54, 1.807) is 18.2 Å². The van der Waals surface area contributed by atoms with Gasteiger partial charge >= 0.3 is 0 Å². The summed E-state index contributed by atoms with van der Waals surface area (Å²) in [6.07, 6.45) is 0. The molecule has 0 bridgehead atoms. The van der Waals surface area contributed by atoms with Crippen molar-refractivity contribution in [3.8, 4) is 0 Å². The first-order chi connectivity index (χ1) is 7.08. The molecule has 4 nitrogen and oxygen atoms in total. The van der Waals surface area contributed by atoms with Crippen LogP contribution in [0.2, 0.25) is 0 Å². The van der Waals surface area contributed by atoms with Crippen molar-refractivity contribution in [2.45, 2.75) is 6.92 Å². The first-order valence-corrected chi connectivity index (χ1v) is 4.42. The molecule has 0 radical (unpaired) electrons. The molecular weight excluding hydrogens is 194 g/mol. The third kappa shape index (κ3) is 1.61. The number of amides is 1. The summed E-state index contributed by atoms with van der Waals surface area (Å²) in [4.78, 5) is 22.4. The molecular formula is C11H9NO3. The molecule has 1 amide bonds. The van der Waals surface area contributed by atoms with Gasteiger partial charge in [0.1, 0.15) is 5.58 Å². The maximum absolute atomic E-state index is 11.6. The summed E-state index contributed by atoms with van der Waals surface area (Å²) in [5, 5.41) is 0.458. The fraction of sp³-hybridized carbons (Fsp3) is 0.0909. The Morgan fingerprint density at radius 1 is 1.33 bits per heavy atom.